The van der Waals surface area contributed by atoms with E-state index in [-0.39, 0.29) is 54.2 Å². The summed E-state index contributed by atoms with van der Waals surface area (Å²) in [4.78, 5) is 54.4. The molecule has 2 aromatic rings. The van der Waals surface area contributed by atoms with Gasteiger partial charge >= 0.3 is 5.97 Å². The van der Waals surface area contributed by atoms with Gasteiger partial charge in [-0.25, -0.2) is 4.90 Å². The van der Waals surface area contributed by atoms with Gasteiger partial charge in [0.05, 0.1) is 36.2 Å². The van der Waals surface area contributed by atoms with E-state index >= 15 is 0 Å². The maximum Gasteiger partial charge on any atom is 0.316 e. The van der Waals surface area contributed by atoms with Gasteiger partial charge in [0.2, 0.25) is 17.7 Å². The molecule has 8 nitrogen and oxygen atoms in total. The molecule has 2 heterocycles. The molecule has 2 saturated heterocycles. The lowest BCUT2D eigenvalue weighted by molar-refractivity contribution is -0.139. The number of para-hydroxylation sites is 2. The molecule has 1 aliphatic carbocycles. The molecule has 0 spiro atoms. The van der Waals surface area contributed by atoms with Crippen molar-refractivity contribution in [2.75, 3.05) is 23.5 Å². The summed E-state index contributed by atoms with van der Waals surface area (Å²) < 4.78 is 10.9. The maximum absolute atomic E-state index is 13.1. The van der Waals surface area contributed by atoms with Crippen LogP contribution in [0.1, 0.15) is 19.8 Å². The SMILES string of the molecule is COc1ccccc1N1C[C@H](C(=O)Oc2cccc(N3C(=O)[C@@H]4[C@@H](C)C=CC[C@H]4C3=O)c2)CC1=O. The second-order valence-electron chi connectivity index (χ2n) is 9.16. The van der Waals surface area contributed by atoms with E-state index in [0.29, 0.717) is 23.5 Å². The van der Waals surface area contributed by atoms with Crippen molar-refractivity contribution in [2.24, 2.45) is 23.7 Å². The number of hydrogen-bond acceptors (Lipinski definition) is 6. The molecular formula is C27H26N2O6. The first-order chi connectivity index (χ1) is 16.9. The second-order valence-corrected chi connectivity index (χ2v) is 9.16. The molecule has 5 rings (SSSR count). The fourth-order valence-corrected chi connectivity index (χ4v) is 5.24. The van der Waals surface area contributed by atoms with E-state index in [1.807, 2.05) is 25.1 Å². The van der Waals surface area contributed by atoms with E-state index in [4.69, 9.17) is 9.47 Å². The van der Waals surface area contributed by atoms with Gasteiger partial charge in [-0.05, 0) is 36.6 Å². The van der Waals surface area contributed by atoms with Crippen molar-refractivity contribution >= 4 is 35.1 Å². The number of imide groups is 1. The standard InChI is InChI=1S/C27H26N2O6/c1-16-7-5-10-20-24(16)26(32)29(25(20)31)18-8-6-9-19(14-18)35-27(33)17-13-23(30)28(15-17)21-11-3-4-12-22(21)34-2/h3-9,11-12,14,16-17,20,24H,10,13,15H2,1-2H3/t16-,17+,20+,24+/m0/s1. The summed E-state index contributed by atoms with van der Waals surface area (Å²) >= 11 is 0. The summed E-state index contributed by atoms with van der Waals surface area (Å²) in [6, 6.07) is 13.6. The summed E-state index contributed by atoms with van der Waals surface area (Å²) in [5.74, 6) is -1.82. The number of carbonyl (C=O) groups is 4. The number of esters is 1. The monoisotopic (exact) mass is 474 g/mol. The minimum absolute atomic E-state index is 0.0118. The summed E-state index contributed by atoms with van der Waals surface area (Å²) in [5, 5.41) is 0. The molecule has 3 aliphatic rings. The normalized spacial score (nSPS) is 25.7. The first-order valence-corrected chi connectivity index (χ1v) is 11.7. The Bertz CT molecular complexity index is 1240. The van der Waals surface area contributed by atoms with Crippen molar-refractivity contribution in [3.63, 3.8) is 0 Å². The van der Waals surface area contributed by atoms with E-state index in [0.717, 1.165) is 0 Å². The molecule has 0 N–H and O–H groups in total. The van der Waals surface area contributed by atoms with E-state index in [1.54, 1.807) is 36.4 Å². The minimum Gasteiger partial charge on any atom is -0.495 e. The number of nitrogens with zero attached hydrogens (tertiary/aromatic N) is 2. The van der Waals surface area contributed by atoms with Gasteiger partial charge in [-0.2, -0.15) is 0 Å². The average molecular weight is 475 g/mol. The lowest BCUT2D eigenvalue weighted by Crippen LogP contribution is -2.31. The Morgan fingerprint density at radius 1 is 1.03 bits per heavy atom. The highest BCUT2D eigenvalue weighted by atomic mass is 16.5. The largest absolute Gasteiger partial charge is 0.495 e. The number of anilines is 2. The van der Waals surface area contributed by atoms with E-state index in [2.05, 4.69) is 0 Å². The number of hydrogen-bond donors (Lipinski definition) is 0. The zero-order chi connectivity index (χ0) is 24.7. The zero-order valence-corrected chi connectivity index (χ0v) is 19.5. The fraction of sp³-hybridized carbons (Fsp3) is 0.333. The summed E-state index contributed by atoms with van der Waals surface area (Å²) in [7, 11) is 1.53. The van der Waals surface area contributed by atoms with Crippen molar-refractivity contribution in [3.8, 4) is 11.5 Å². The van der Waals surface area contributed by atoms with Crippen molar-refractivity contribution in [2.45, 2.75) is 19.8 Å². The number of ether oxygens (including phenoxy) is 2. The Labute approximate surface area is 203 Å². The molecule has 8 heteroatoms. The van der Waals surface area contributed by atoms with Gasteiger partial charge in [0, 0.05) is 19.0 Å². The van der Waals surface area contributed by atoms with E-state index in [1.165, 1.54) is 23.0 Å². The number of fused-ring (bicyclic) bond motifs is 1. The van der Waals surface area contributed by atoms with Crippen LogP contribution in [0.2, 0.25) is 0 Å². The molecule has 0 radical (unpaired) electrons. The molecule has 0 saturated carbocycles. The van der Waals surface area contributed by atoms with Gasteiger partial charge in [0.15, 0.2) is 0 Å². The number of carbonyl (C=O) groups excluding carboxylic acids is 4. The third-order valence-corrected chi connectivity index (χ3v) is 7.00. The Hall–Kier alpha value is -3.94. The molecule has 180 valence electrons. The number of allylic oxidation sites excluding steroid dienone is 2. The second kappa shape index (κ2) is 9.02. The Balaban J connectivity index is 1.31. The van der Waals surface area contributed by atoms with Gasteiger partial charge in [-0.1, -0.05) is 37.3 Å². The molecule has 2 aromatic carbocycles. The topological polar surface area (TPSA) is 93.2 Å². The number of rotatable bonds is 5. The van der Waals surface area contributed by atoms with Gasteiger partial charge in [-0.15, -0.1) is 0 Å². The third kappa shape index (κ3) is 3.99. The molecule has 0 unspecified atom stereocenters. The van der Waals surface area contributed by atoms with Crippen LogP contribution in [0.15, 0.2) is 60.7 Å². The highest BCUT2D eigenvalue weighted by molar-refractivity contribution is 6.22. The van der Waals surface area contributed by atoms with Crippen LogP contribution in [-0.4, -0.2) is 37.3 Å². The van der Waals surface area contributed by atoms with Crippen molar-refractivity contribution in [3.05, 3.63) is 60.7 Å². The average Bonchev–Trinajstić information content (AvgIpc) is 3.37. The summed E-state index contributed by atoms with van der Waals surface area (Å²) in [6.07, 6.45) is 4.50. The maximum atomic E-state index is 13.1. The first-order valence-electron chi connectivity index (χ1n) is 11.7. The van der Waals surface area contributed by atoms with E-state index < -0.39 is 11.9 Å². The quantitative estimate of drug-likeness (QED) is 0.286. The number of benzene rings is 2. The predicted molar refractivity (Wildman–Crippen MR) is 128 cm³/mol. The van der Waals surface area contributed by atoms with Gasteiger partial charge < -0.3 is 14.4 Å². The van der Waals surface area contributed by atoms with Gasteiger partial charge in [0.25, 0.3) is 0 Å². The highest BCUT2D eigenvalue weighted by Gasteiger charge is 2.50. The molecule has 0 bridgehead atoms. The summed E-state index contributed by atoms with van der Waals surface area (Å²) in [6.45, 7) is 2.12. The van der Waals surface area contributed by atoms with Crippen LogP contribution in [0.25, 0.3) is 0 Å². The van der Waals surface area contributed by atoms with Gasteiger partial charge in [-0.3, -0.25) is 19.2 Å². The first kappa shape index (κ1) is 22.8. The Morgan fingerprint density at radius 3 is 2.60 bits per heavy atom. The third-order valence-electron chi connectivity index (χ3n) is 7.00. The molecule has 4 atom stereocenters. The van der Waals surface area contributed by atoms with Crippen molar-refractivity contribution in [1.29, 1.82) is 0 Å². The summed E-state index contributed by atoms with van der Waals surface area (Å²) in [5.41, 5.74) is 0.985. The van der Waals surface area contributed by atoms with Crippen molar-refractivity contribution < 1.29 is 28.7 Å². The van der Waals surface area contributed by atoms with Crippen LogP contribution in [-0.2, 0) is 19.2 Å². The Morgan fingerprint density at radius 2 is 1.83 bits per heavy atom. The number of amides is 3. The lowest BCUT2D eigenvalue weighted by Gasteiger charge is -2.22. The van der Waals surface area contributed by atoms with Crippen molar-refractivity contribution in [1.82, 2.24) is 0 Å². The van der Waals surface area contributed by atoms with Crippen LogP contribution in [0.4, 0.5) is 11.4 Å². The predicted octanol–water partition coefficient (Wildman–Crippen LogP) is 3.36. The van der Waals surface area contributed by atoms with Crippen LogP contribution >= 0.6 is 0 Å². The molecule has 2 aliphatic heterocycles. The van der Waals surface area contributed by atoms with Gasteiger partial charge in [0.1, 0.15) is 11.5 Å². The molecule has 35 heavy (non-hydrogen) atoms. The molecular weight excluding hydrogens is 448 g/mol. The molecule has 2 fully saturated rings. The van der Waals surface area contributed by atoms with Crippen LogP contribution < -0.4 is 19.3 Å². The molecule has 0 aromatic heterocycles. The smallest absolute Gasteiger partial charge is 0.316 e. The van der Waals surface area contributed by atoms with Crippen LogP contribution in [0.5, 0.6) is 11.5 Å². The number of methoxy groups -OCH3 is 1. The Kier molecular flexibility index (Phi) is 5.88. The fourth-order valence-electron chi connectivity index (χ4n) is 5.24. The van der Waals surface area contributed by atoms with Crippen LogP contribution in [0, 0.1) is 23.7 Å². The molecule has 3 amide bonds. The minimum atomic E-state index is -0.652. The van der Waals surface area contributed by atoms with Crippen LogP contribution in [0.3, 0.4) is 0 Å². The lowest BCUT2D eigenvalue weighted by atomic mass is 9.78. The zero-order valence-electron chi connectivity index (χ0n) is 19.5. The van der Waals surface area contributed by atoms with E-state index in [9.17, 15) is 19.2 Å². The highest BCUT2D eigenvalue weighted by Crippen LogP contribution is 2.41.